The minimum Gasteiger partial charge on any atom is -0.465 e. The Morgan fingerprint density at radius 1 is 0.564 bits per heavy atom. The third kappa shape index (κ3) is 23.3. The van der Waals surface area contributed by atoms with Gasteiger partial charge in [0.2, 0.25) is 0 Å². The van der Waals surface area contributed by atoms with Crippen molar-refractivity contribution in [1.82, 2.24) is 53.5 Å². The van der Waals surface area contributed by atoms with E-state index in [9.17, 15) is 4.79 Å². The molecule has 0 N–H and O–H groups in total. The number of rotatable bonds is 24. The van der Waals surface area contributed by atoms with Crippen LogP contribution in [0.25, 0.3) is 83.7 Å². The number of pyridine rings is 4. The number of likely N-dealkylation sites (N-methyl/N-ethyl adjacent to an activating group) is 1. The zero-order chi connectivity index (χ0) is 82.6. The molecule has 612 valence electrons. The molecule has 0 radical (unpaired) electrons. The number of carbonyl (C=O) groups is 1. The van der Waals surface area contributed by atoms with Crippen LogP contribution in [0.3, 0.4) is 0 Å². The van der Waals surface area contributed by atoms with Gasteiger partial charge in [-0.25, -0.2) is 34.7 Å². The second-order valence-electron chi connectivity index (χ2n) is 35.5. The number of halogens is 2. The molecule has 0 bridgehead atoms. The Balaban J connectivity index is 0.000000145. The maximum atomic E-state index is 13.2. The maximum Gasteiger partial charge on any atom is 0.493 e. The fraction of sp³-hybridized carbons (Fsp3) is 0.396. The molecular weight excluding hydrogens is 1750 g/mol. The monoisotopic (exact) mass is 1860 g/mol. The number of aromatic nitrogens is 10. The largest absolute Gasteiger partial charge is 0.493 e. The number of benzene rings is 4. The molecule has 26 heteroatoms. The summed E-state index contributed by atoms with van der Waals surface area (Å²) in [6.07, 6.45) is 14.1. The highest BCUT2D eigenvalue weighted by molar-refractivity contribution is 14.1. The van der Waals surface area contributed by atoms with Gasteiger partial charge in [0.05, 0.1) is 24.2 Å². The van der Waals surface area contributed by atoms with Crippen LogP contribution in [0.5, 0.6) is 0 Å². The van der Waals surface area contributed by atoms with Crippen molar-refractivity contribution < 1.29 is 33.1 Å². The van der Waals surface area contributed by atoms with Crippen molar-refractivity contribution in [1.29, 1.82) is 0 Å². The van der Waals surface area contributed by atoms with Crippen molar-refractivity contribution in [3.8, 4) is 44.6 Å². The number of methoxy groups -OCH3 is 1. The Bertz CT molecular complexity index is 5410. The first-order valence-corrected chi connectivity index (χ1v) is 55.0. The van der Waals surface area contributed by atoms with E-state index >= 15 is 0 Å². The van der Waals surface area contributed by atoms with Gasteiger partial charge in [-0.3, -0.25) is 23.7 Å². The molecule has 4 aliphatic rings. The lowest BCUT2D eigenvalue weighted by atomic mass is 9.75. The molecule has 8 aromatic heterocycles. The van der Waals surface area contributed by atoms with Gasteiger partial charge in [0, 0.05) is 141 Å². The van der Waals surface area contributed by atoms with Crippen molar-refractivity contribution in [2.24, 2.45) is 22.2 Å². The topological polar surface area (TPSA) is 193 Å². The number of thiophene rings is 1. The molecule has 1 saturated heterocycles. The fourth-order valence-electron chi connectivity index (χ4n) is 14.6. The van der Waals surface area contributed by atoms with Gasteiger partial charge in [0.1, 0.15) is 59.1 Å². The van der Waals surface area contributed by atoms with Gasteiger partial charge >= 0.3 is 13.1 Å². The van der Waals surface area contributed by atoms with E-state index in [0.29, 0.717) is 44.2 Å². The number of hydrogen-bond donors (Lipinski definition) is 0. The van der Waals surface area contributed by atoms with E-state index in [1.807, 2.05) is 60.9 Å². The van der Waals surface area contributed by atoms with Crippen molar-refractivity contribution in [2.75, 3.05) is 60.3 Å². The van der Waals surface area contributed by atoms with Crippen molar-refractivity contribution in [3.63, 3.8) is 0 Å². The molecule has 11 heterocycles. The number of ether oxygens (including phenoxy) is 4. The number of hydrogen-bond acceptors (Lipinski definition) is 17. The first-order chi connectivity index (χ1) is 56.1. The lowest BCUT2D eigenvalue weighted by Crippen LogP contribution is -2.47. The second-order valence-corrected chi connectivity index (χ2v) is 55.9. The molecule has 1 aliphatic carbocycles. The van der Waals surface area contributed by atoms with Crippen LogP contribution in [0.4, 0.5) is 5.69 Å². The Morgan fingerprint density at radius 3 is 1.44 bits per heavy atom. The van der Waals surface area contributed by atoms with Gasteiger partial charge in [-0.1, -0.05) is 165 Å². The van der Waals surface area contributed by atoms with Gasteiger partial charge in [0.15, 0.2) is 16.9 Å². The standard InChI is InChI=1S/C37H48N4O3SSi.C23H32BN3O3Si.C18H22IN3OSi.C13H9IN2/c1-25-9-11-26(12-10-25)31-23-40(2)19-17-29(31)30-22-33(45-34(30)37(42)43-3)27-13-15-28(16-14-27)35-39-32-8-7-18-38-36(32)41(35)24-44-20-21-46(4,5)6;1-23(2)15-29-24(30-16-23)19-10-8-18(9-11-19)21-26-20-7-6-12-25-22(20)27(21)17-28-13-14-31(3,4)5;1-24(2,3)12-11-23-13-22-17(14-6-8-15(19)9-7-14)21-16-5-4-10-20-18(16)22;14-10-5-3-9(4-6-10)12-8-13-11(16-12)2-1-7-15-13/h7-8,13-16,18,22,25-26H,9-12,17,19-21,23-24H2,1-6H3;6-12H,13-17H2,1-5H3;4-10H,11-13H2,1-3H3;1-7H,8H2. The summed E-state index contributed by atoms with van der Waals surface area (Å²) in [6.45, 7) is 34.9. The van der Waals surface area contributed by atoms with Crippen LogP contribution >= 0.6 is 56.5 Å². The average Bonchev–Trinajstić information content (AvgIpc) is 1.68. The minimum absolute atomic E-state index is 0.0593. The molecular formula is C91H111BI2N12O7SSi3. The van der Waals surface area contributed by atoms with Crippen LogP contribution in [-0.4, -0.2) is 157 Å². The lowest BCUT2D eigenvalue weighted by molar-refractivity contribution is 0.0343. The molecule has 16 rings (SSSR count). The van der Waals surface area contributed by atoms with E-state index in [2.05, 4.69) is 279 Å². The van der Waals surface area contributed by atoms with Crippen LogP contribution in [-0.2, 0) is 54.9 Å². The molecule has 2 fully saturated rings. The Labute approximate surface area is 724 Å². The van der Waals surface area contributed by atoms with Crippen LogP contribution < -0.4 is 5.46 Å². The third-order valence-electron chi connectivity index (χ3n) is 21.5. The van der Waals surface area contributed by atoms with Crippen LogP contribution in [0.2, 0.25) is 77.1 Å². The zero-order valence-corrected chi connectivity index (χ0v) is 78.4. The zero-order valence-electron chi connectivity index (χ0n) is 70.3. The molecule has 0 atom stereocenters. The summed E-state index contributed by atoms with van der Waals surface area (Å²) >= 11 is 6.16. The minimum atomic E-state index is -1.19. The Hall–Kier alpha value is -7.59. The Kier molecular flexibility index (Phi) is 29.3. The summed E-state index contributed by atoms with van der Waals surface area (Å²) in [4.78, 5) is 54.6. The van der Waals surface area contributed by atoms with E-state index < -0.39 is 24.2 Å². The fourth-order valence-corrected chi connectivity index (χ4v) is 18.7. The second kappa shape index (κ2) is 39.3. The molecule has 0 amide bonds. The van der Waals surface area contributed by atoms with Crippen LogP contribution in [0, 0.1) is 24.4 Å². The first kappa shape index (κ1) is 87.2. The predicted molar refractivity (Wildman–Crippen MR) is 503 cm³/mol. The van der Waals surface area contributed by atoms with E-state index in [1.54, 1.807) is 23.7 Å². The van der Waals surface area contributed by atoms with Crippen molar-refractivity contribution >= 4 is 150 Å². The van der Waals surface area contributed by atoms with E-state index in [-0.39, 0.29) is 18.5 Å². The summed E-state index contributed by atoms with van der Waals surface area (Å²) in [6, 6.07) is 55.0. The molecule has 3 aliphatic heterocycles. The highest BCUT2D eigenvalue weighted by Crippen LogP contribution is 2.45. The number of carbonyl (C=O) groups excluding carboxylic acids is 1. The van der Waals surface area contributed by atoms with Crippen LogP contribution in [0.15, 0.2) is 187 Å². The van der Waals surface area contributed by atoms with Gasteiger partial charge in [-0.05, 0) is 208 Å². The van der Waals surface area contributed by atoms with Gasteiger partial charge < -0.3 is 33.2 Å². The summed E-state index contributed by atoms with van der Waals surface area (Å²) in [5.74, 6) is 3.76. The van der Waals surface area contributed by atoms with Gasteiger partial charge in [0.25, 0.3) is 0 Å². The summed E-state index contributed by atoms with van der Waals surface area (Å²) in [5, 5.41) is 0. The number of aliphatic imine (C=N–C) groups is 1. The highest BCUT2D eigenvalue weighted by atomic mass is 127. The molecule has 12 aromatic rings. The van der Waals surface area contributed by atoms with E-state index in [4.69, 9.17) is 43.2 Å². The first-order valence-electron chi connectivity index (χ1n) is 40.9. The number of esters is 1. The molecule has 0 unspecified atom stereocenters. The third-order valence-corrected chi connectivity index (χ3v) is 29.2. The van der Waals surface area contributed by atoms with Crippen molar-refractivity contribution in [3.05, 3.63) is 211 Å². The summed E-state index contributed by atoms with van der Waals surface area (Å²) in [5.41, 5.74) is 18.8. The summed E-state index contributed by atoms with van der Waals surface area (Å²) < 4.78 is 44.0. The smallest absolute Gasteiger partial charge is 0.465 e. The molecule has 4 aromatic carbocycles. The van der Waals surface area contributed by atoms with Crippen molar-refractivity contribution in [2.45, 2.75) is 157 Å². The van der Waals surface area contributed by atoms with Crippen LogP contribution in [0.1, 0.15) is 79.4 Å². The Morgan fingerprint density at radius 2 is 0.991 bits per heavy atom. The molecule has 1 saturated carbocycles. The quantitative estimate of drug-likeness (QED) is 0.0240. The summed E-state index contributed by atoms with van der Waals surface area (Å²) in [7, 11) is -0.0121. The SMILES string of the molecule is CC1(C)COB(c2ccc(-c3nc4cccnc4n3COCC[Si](C)(C)C)cc2)OC1.COC(=O)c1sc(-c2ccc(-c3nc4cccnc4n3COCC[Si](C)(C)C)cc2)cc1C1=C(C2CCC(C)CC2)CN(C)CC1.C[Si](C)(C)CCOCn1c(-c2ccc(I)cc2)nc2cccnc21.Ic1ccc(C2=Nc3cccnc3C2)cc1. The predicted octanol–water partition coefficient (Wildman–Crippen LogP) is 21.4. The number of fused-ring (bicyclic) bond motifs is 4. The lowest BCUT2D eigenvalue weighted by Gasteiger charge is -2.35. The van der Waals surface area contributed by atoms with E-state index in [0.717, 1.165) is 176 Å². The molecule has 19 nitrogen and oxygen atoms in total. The normalized spacial score (nSPS) is 16.4. The number of nitrogens with zero attached hydrogens (tertiary/aromatic N) is 12. The molecule has 117 heavy (non-hydrogen) atoms. The van der Waals surface area contributed by atoms with Gasteiger partial charge in [-0.2, -0.15) is 0 Å². The maximum absolute atomic E-state index is 13.2. The number of imidazole rings is 3. The van der Waals surface area contributed by atoms with E-state index in [1.165, 1.54) is 56.6 Å². The van der Waals surface area contributed by atoms with Gasteiger partial charge in [-0.15, -0.1) is 11.3 Å². The highest BCUT2D eigenvalue weighted by Gasteiger charge is 2.35. The average molecular weight is 1870 g/mol. The molecule has 0 spiro atoms.